The first kappa shape index (κ1) is 17.7. The van der Waals surface area contributed by atoms with Gasteiger partial charge in [0.15, 0.2) is 0 Å². The predicted octanol–water partition coefficient (Wildman–Crippen LogP) is 0.492. The van der Waals surface area contributed by atoms with Gasteiger partial charge in [0.05, 0.1) is 32.0 Å². The summed E-state index contributed by atoms with van der Waals surface area (Å²) in [6, 6.07) is 3.83. The summed E-state index contributed by atoms with van der Waals surface area (Å²) < 4.78 is 10.8. The summed E-state index contributed by atoms with van der Waals surface area (Å²) in [6.07, 6.45) is 0. The van der Waals surface area contributed by atoms with Gasteiger partial charge < -0.3 is 14.4 Å². The van der Waals surface area contributed by atoms with E-state index in [1.165, 1.54) is 16.2 Å². The second-order valence-corrected chi connectivity index (χ2v) is 7.46. The minimum Gasteiger partial charge on any atom is -0.379 e. The third-order valence-electron chi connectivity index (χ3n) is 4.98. The Labute approximate surface area is 156 Å². The van der Waals surface area contributed by atoms with Crippen molar-refractivity contribution in [1.29, 1.82) is 0 Å². The molecule has 2 amide bonds. The number of hydrogen-bond acceptors (Lipinski definition) is 7. The number of carbonyl (C=O) groups is 2. The fourth-order valence-electron chi connectivity index (χ4n) is 3.56. The number of morpholine rings is 2. The zero-order valence-corrected chi connectivity index (χ0v) is 15.5. The monoisotopic (exact) mass is 377 g/mol. The number of carbonyl (C=O) groups excluding carboxylic acids is 2. The van der Waals surface area contributed by atoms with Crippen LogP contribution in [0.5, 0.6) is 0 Å². The number of thiophene rings is 1. The summed E-state index contributed by atoms with van der Waals surface area (Å²) in [5.41, 5.74) is 1.09. The van der Waals surface area contributed by atoms with Crippen molar-refractivity contribution in [1.82, 2.24) is 14.7 Å². The quantitative estimate of drug-likeness (QED) is 0.696. The molecule has 8 heteroatoms. The highest BCUT2D eigenvalue weighted by molar-refractivity contribution is 7.11. The lowest BCUT2D eigenvalue weighted by Crippen LogP contribution is -2.44. The normalized spacial score (nSPS) is 22.6. The molecular weight excluding hydrogens is 354 g/mol. The zero-order chi connectivity index (χ0) is 17.9. The minimum atomic E-state index is -0.174. The van der Waals surface area contributed by atoms with Gasteiger partial charge in [-0.15, -0.1) is 11.3 Å². The van der Waals surface area contributed by atoms with Crippen molar-refractivity contribution in [2.45, 2.75) is 0 Å². The van der Waals surface area contributed by atoms with E-state index >= 15 is 0 Å². The molecule has 0 unspecified atom stereocenters. The van der Waals surface area contributed by atoms with Gasteiger partial charge in [0.1, 0.15) is 5.70 Å². The fraction of sp³-hybridized carbons (Fsp3) is 0.556. The van der Waals surface area contributed by atoms with Crippen LogP contribution in [-0.4, -0.2) is 92.2 Å². The van der Waals surface area contributed by atoms with E-state index in [1.54, 1.807) is 0 Å². The Hall–Kier alpha value is -1.74. The van der Waals surface area contributed by atoms with Crippen LogP contribution in [0.2, 0.25) is 0 Å². The molecule has 0 radical (unpaired) electrons. The van der Waals surface area contributed by atoms with Crippen molar-refractivity contribution < 1.29 is 19.1 Å². The van der Waals surface area contributed by atoms with Gasteiger partial charge in [-0.3, -0.25) is 19.4 Å². The van der Waals surface area contributed by atoms with Crippen LogP contribution in [0.15, 0.2) is 23.2 Å². The predicted molar refractivity (Wildman–Crippen MR) is 97.6 cm³/mol. The maximum atomic E-state index is 13.1. The van der Waals surface area contributed by atoms with Gasteiger partial charge in [0, 0.05) is 44.1 Å². The van der Waals surface area contributed by atoms with Gasteiger partial charge in [-0.1, -0.05) is 6.07 Å². The first-order valence-corrected chi connectivity index (χ1v) is 9.91. The van der Waals surface area contributed by atoms with Crippen LogP contribution in [0.3, 0.4) is 0 Å². The van der Waals surface area contributed by atoms with Crippen molar-refractivity contribution >= 4 is 28.7 Å². The van der Waals surface area contributed by atoms with E-state index in [-0.39, 0.29) is 11.8 Å². The van der Waals surface area contributed by atoms with E-state index in [9.17, 15) is 9.59 Å². The summed E-state index contributed by atoms with van der Waals surface area (Å²) >= 11 is 1.50. The van der Waals surface area contributed by atoms with Crippen LogP contribution in [0.25, 0.3) is 5.57 Å². The van der Waals surface area contributed by atoms with Gasteiger partial charge in [-0.25, -0.2) is 0 Å². The Bertz CT molecular complexity index is 691. The van der Waals surface area contributed by atoms with Gasteiger partial charge >= 0.3 is 0 Å². The molecule has 0 atom stereocenters. The van der Waals surface area contributed by atoms with Crippen LogP contribution in [0.1, 0.15) is 4.88 Å². The molecule has 0 saturated carbocycles. The maximum Gasteiger partial charge on any atom is 0.277 e. The largest absolute Gasteiger partial charge is 0.379 e. The molecule has 4 heterocycles. The van der Waals surface area contributed by atoms with E-state index < -0.39 is 0 Å². The van der Waals surface area contributed by atoms with Crippen LogP contribution in [0, 0.1) is 0 Å². The number of ether oxygens (including phenoxy) is 2. The SMILES string of the molecule is O=C1C(c2cccs2)=C(N2CCOCC2)C(=O)N1CCN1CCOCC1. The first-order chi connectivity index (χ1) is 12.8. The second kappa shape index (κ2) is 7.87. The highest BCUT2D eigenvalue weighted by Gasteiger charge is 2.42. The van der Waals surface area contributed by atoms with Crippen molar-refractivity contribution in [2.24, 2.45) is 0 Å². The molecule has 26 heavy (non-hydrogen) atoms. The summed E-state index contributed by atoms with van der Waals surface area (Å²) in [4.78, 5) is 32.7. The van der Waals surface area contributed by atoms with E-state index in [1.807, 2.05) is 22.4 Å². The van der Waals surface area contributed by atoms with E-state index in [0.29, 0.717) is 63.9 Å². The lowest BCUT2D eigenvalue weighted by molar-refractivity contribution is -0.138. The molecule has 0 bridgehead atoms. The fourth-order valence-corrected chi connectivity index (χ4v) is 4.32. The molecule has 4 rings (SSSR count). The molecule has 0 N–H and O–H groups in total. The molecule has 3 aliphatic heterocycles. The molecule has 1 aromatic heterocycles. The van der Waals surface area contributed by atoms with Crippen molar-refractivity contribution in [3.05, 3.63) is 28.1 Å². The highest BCUT2D eigenvalue weighted by atomic mass is 32.1. The molecule has 0 aliphatic carbocycles. The molecule has 2 fully saturated rings. The average Bonchev–Trinajstić information content (AvgIpc) is 3.28. The van der Waals surface area contributed by atoms with E-state index in [0.717, 1.165) is 18.0 Å². The molecule has 1 aromatic rings. The Balaban J connectivity index is 1.56. The molecule has 7 nitrogen and oxygen atoms in total. The summed E-state index contributed by atoms with van der Waals surface area (Å²) in [5.74, 6) is -0.347. The third-order valence-corrected chi connectivity index (χ3v) is 5.87. The van der Waals surface area contributed by atoms with Gasteiger partial charge in [-0.2, -0.15) is 0 Å². The van der Waals surface area contributed by atoms with Gasteiger partial charge in [0.2, 0.25) is 0 Å². The number of rotatable bonds is 5. The van der Waals surface area contributed by atoms with Gasteiger partial charge in [-0.05, 0) is 11.4 Å². The Morgan fingerprint density at radius 3 is 2.27 bits per heavy atom. The van der Waals surface area contributed by atoms with Crippen molar-refractivity contribution in [3.63, 3.8) is 0 Å². The van der Waals surface area contributed by atoms with Crippen LogP contribution in [0.4, 0.5) is 0 Å². The topological polar surface area (TPSA) is 62.3 Å². The van der Waals surface area contributed by atoms with Crippen molar-refractivity contribution in [2.75, 3.05) is 65.7 Å². The lowest BCUT2D eigenvalue weighted by Gasteiger charge is -2.30. The Kier molecular flexibility index (Phi) is 5.35. The van der Waals surface area contributed by atoms with Crippen LogP contribution >= 0.6 is 11.3 Å². The number of amides is 2. The zero-order valence-electron chi connectivity index (χ0n) is 14.7. The number of nitrogens with zero attached hydrogens (tertiary/aromatic N) is 3. The molecule has 0 aromatic carbocycles. The van der Waals surface area contributed by atoms with E-state index in [2.05, 4.69) is 4.90 Å². The standard InChI is InChI=1S/C18H23N3O4S/c22-17-15(14-2-1-13-26-14)16(20-7-11-25-12-8-20)18(23)21(17)4-3-19-5-9-24-10-6-19/h1-2,13H,3-12H2. The Morgan fingerprint density at radius 1 is 0.923 bits per heavy atom. The summed E-state index contributed by atoms with van der Waals surface area (Å²) in [5, 5.41) is 1.94. The van der Waals surface area contributed by atoms with Crippen LogP contribution in [-0.2, 0) is 19.1 Å². The number of imide groups is 1. The lowest BCUT2D eigenvalue weighted by atomic mass is 10.1. The van der Waals surface area contributed by atoms with E-state index in [4.69, 9.17) is 9.47 Å². The second-order valence-electron chi connectivity index (χ2n) is 6.52. The minimum absolute atomic E-state index is 0.173. The van der Waals surface area contributed by atoms with Gasteiger partial charge in [0.25, 0.3) is 11.8 Å². The first-order valence-electron chi connectivity index (χ1n) is 9.03. The molecular formula is C18H23N3O4S. The van der Waals surface area contributed by atoms with Crippen LogP contribution < -0.4 is 0 Å². The third kappa shape index (κ3) is 3.42. The molecule has 3 aliphatic rings. The smallest absolute Gasteiger partial charge is 0.277 e. The molecule has 2 saturated heterocycles. The average molecular weight is 377 g/mol. The number of hydrogen-bond donors (Lipinski definition) is 0. The highest BCUT2D eigenvalue weighted by Crippen LogP contribution is 2.34. The summed E-state index contributed by atoms with van der Waals surface area (Å²) in [7, 11) is 0. The Morgan fingerprint density at radius 2 is 1.62 bits per heavy atom. The molecule has 0 spiro atoms. The molecule has 140 valence electrons. The summed E-state index contributed by atoms with van der Waals surface area (Å²) in [6.45, 7) is 6.65. The maximum absolute atomic E-state index is 13.1. The van der Waals surface area contributed by atoms with Crippen molar-refractivity contribution in [3.8, 4) is 0 Å².